The molecule has 2 aliphatic rings. The lowest BCUT2D eigenvalue weighted by molar-refractivity contribution is -0.143. The molecule has 110 valence electrons. The second-order valence-corrected chi connectivity index (χ2v) is 6.05. The second-order valence-electron chi connectivity index (χ2n) is 6.05. The van der Waals surface area contributed by atoms with Crippen molar-refractivity contribution in [2.75, 3.05) is 32.7 Å². The molecule has 2 fully saturated rings. The normalized spacial score (nSPS) is 28.0. The number of aliphatic carboxylic acids is 1. The van der Waals surface area contributed by atoms with Crippen LogP contribution in [0, 0.1) is 0 Å². The fourth-order valence-corrected chi connectivity index (χ4v) is 3.31. The number of carboxylic acids is 1. The fourth-order valence-electron chi connectivity index (χ4n) is 3.31. The molecule has 2 unspecified atom stereocenters. The van der Waals surface area contributed by atoms with Crippen molar-refractivity contribution in [3.05, 3.63) is 0 Å². The molecule has 0 saturated carbocycles. The summed E-state index contributed by atoms with van der Waals surface area (Å²) in [4.78, 5) is 16.2. The number of fused-ring (bicyclic) bond motifs is 1. The largest absolute Gasteiger partial charge is 0.480 e. The molecule has 0 aromatic carbocycles. The van der Waals surface area contributed by atoms with Crippen LogP contribution in [0.2, 0.25) is 0 Å². The summed E-state index contributed by atoms with van der Waals surface area (Å²) in [6, 6.07) is 0.738. The third-order valence-electron chi connectivity index (χ3n) is 4.83. The van der Waals surface area contributed by atoms with E-state index in [1.807, 2.05) is 6.92 Å². The van der Waals surface area contributed by atoms with Gasteiger partial charge < -0.3 is 15.7 Å². The van der Waals surface area contributed by atoms with Crippen LogP contribution in [0.15, 0.2) is 0 Å². The minimum Gasteiger partial charge on any atom is -0.480 e. The van der Waals surface area contributed by atoms with Gasteiger partial charge in [0.2, 0.25) is 0 Å². The van der Waals surface area contributed by atoms with E-state index in [2.05, 4.69) is 9.80 Å². The van der Waals surface area contributed by atoms with Gasteiger partial charge in [-0.25, -0.2) is 0 Å². The molecule has 0 aliphatic carbocycles. The number of piperazine rings is 1. The SMILES string of the molecule is CCC(N)(CCCN1CCN2CCCC2C1)C(=O)O. The van der Waals surface area contributed by atoms with Gasteiger partial charge in [-0.2, -0.15) is 0 Å². The predicted molar refractivity (Wildman–Crippen MR) is 75.1 cm³/mol. The number of nitrogens with two attached hydrogens (primary N) is 1. The average Bonchev–Trinajstić information content (AvgIpc) is 2.85. The molecule has 19 heavy (non-hydrogen) atoms. The van der Waals surface area contributed by atoms with Crippen molar-refractivity contribution in [2.24, 2.45) is 5.73 Å². The van der Waals surface area contributed by atoms with Crippen LogP contribution in [0.25, 0.3) is 0 Å². The molecule has 5 nitrogen and oxygen atoms in total. The summed E-state index contributed by atoms with van der Waals surface area (Å²) in [5, 5.41) is 9.15. The van der Waals surface area contributed by atoms with Crippen molar-refractivity contribution in [3.63, 3.8) is 0 Å². The zero-order valence-electron chi connectivity index (χ0n) is 12.0. The van der Waals surface area contributed by atoms with Gasteiger partial charge in [0.1, 0.15) is 5.54 Å². The van der Waals surface area contributed by atoms with Crippen LogP contribution in [0.5, 0.6) is 0 Å². The monoisotopic (exact) mass is 269 g/mol. The Labute approximate surface area is 115 Å². The zero-order valence-corrected chi connectivity index (χ0v) is 12.0. The Balaban J connectivity index is 1.72. The van der Waals surface area contributed by atoms with Crippen LogP contribution in [0.1, 0.15) is 39.0 Å². The molecule has 2 heterocycles. The van der Waals surface area contributed by atoms with Crippen LogP contribution in [-0.2, 0) is 4.79 Å². The minimum atomic E-state index is -1.03. The van der Waals surface area contributed by atoms with Crippen LogP contribution in [-0.4, -0.2) is 65.2 Å². The molecule has 5 heteroatoms. The Kier molecular flexibility index (Phi) is 4.81. The molecule has 2 saturated heterocycles. The fraction of sp³-hybridized carbons (Fsp3) is 0.929. The lowest BCUT2D eigenvalue weighted by Crippen LogP contribution is -2.51. The van der Waals surface area contributed by atoms with Gasteiger partial charge in [0.05, 0.1) is 0 Å². The standard InChI is InChI=1S/C14H27N3O2/c1-2-14(15,13(18)19)6-4-7-16-9-10-17-8-3-5-12(17)11-16/h12H,2-11,15H2,1H3,(H,18,19). The minimum absolute atomic E-state index is 0.499. The van der Waals surface area contributed by atoms with Gasteiger partial charge in [-0.3, -0.25) is 9.69 Å². The van der Waals surface area contributed by atoms with E-state index in [1.165, 1.54) is 25.9 Å². The smallest absolute Gasteiger partial charge is 0.323 e. The first-order valence-corrected chi connectivity index (χ1v) is 7.54. The maximum absolute atomic E-state index is 11.1. The van der Waals surface area contributed by atoms with E-state index in [0.717, 1.165) is 32.1 Å². The van der Waals surface area contributed by atoms with E-state index in [0.29, 0.717) is 12.8 Å². The van der Waals surface area contributed by atoms with E-state index < -0.39 is 11.5 Å². The predicted octanol–water partition coefficient (Wildman–Crippen LogP) is 0.739. The van der Waals surface area contributed by atoms with E-state index in [4.69, 9.17) is 10.8 Å². The Morgan fingerprint density at radius 1 is 1.42 bits per heavy atom. The highest BCUT2D eigenvalue weighted by molar-refractivity contribution is 5.78. The van der Waals surface area contributed by atoms with Crippen LogP contribution in [0.4, 0.5) is 0 Å². The maximum Gasteiger partial charge on any atom is 0.323 e. The summed E-state index contributed by atoms with van der Waals surface area (Å²) in [5.74, 6) is -0.865. The van der Waals surface area contributed by atoms with Gasteiger partial charge in [0.25, 0.3) is 0 Å². The number of rotatable bonds is 6. The Hall–Kier alpha value is -0.650. The number of carbonyl (C=O) groups is 1. The molecule has 3 N–H and O–H groups in total. The first-order valence-electron chi connectivity index (χ1n) is 7.54. The Morgan fingerprint density at radius 2 is 2.21 bits per heavy atom. The van der Waals surface area contributed by atoms with E-state index in [1.54, 1.807) is 0 Å². The number of nitrogens with zero attached hydrogens (tertiary/aromatic N) is 2. The molecule has 0 bridgehead atoms. The number of hydrogen-bond donors (Lipinski definition) is 2. The van der Waals surface area contributed by atoms with Gasteiger partial charge in [0.15, 0.2) is 0 Å². The average molecular weight is 269 g/mol. The number of carboxylic acid groups (broad SMARTS) is 1. The van der Waals surface area contributed by atoms with Crippen molar-refractivity contribution in [2.45, 2.75) is 50.6 Å². The van der Waals surface area contributed by atoms with Crippen LogP contribution < -0.4 is 5.73 Å². The third-order valence-corrected chi connectivity index (χ3v) is 4.83. The zero-order chi connectivity index (χ0) is 13.9. The van der Waals surface area contributed by atoms with E-state index in [-0.39, 0.29) is 0 Å². The Bertz CT molecular complexity index is 324. The van der Waals surface area contributed by atoms with Crippen LogP contribution >= 0.6 is 0 Å². The van der Waals surface area contributed by atoms with Crippen molar-refractivity contribution in [3.8, 4) is 0 Å². The topological polar surface area (TPSA) is 69.8 Å². The molecule has 0 radical (unpaired) electrons. The molecule has 2 aliphatic heterocycles. The summed E-state index contributed by atoms with van der Waals surface area (Å²) in [6.45, 7) is 7.54. The number of hydrogen-bond acceptors (Lipinski definition) is 4. The molecule has 0 aromatic rings. The molecule has 2 atom stereocenters. The van der Waals surface area contributed by atoms with Gasteiger partial charge in [-0.15, -0.1) is 0 Å². The lowest BCUT2D eigenvalue weighted by Gasteiger charge is -2.37. The third kappa shape index (κ3) is 3.46. The van der Waals surface area contributed by atoms with Crippen molar-refractivity contribution in [1.82, 2.24) is 9.80 Å². The molecular formula is C14H27N3O2. The molecule has 0 amide bonds. The van der Waals surface area contributed by atoms with Crippen molar-refractivity contribution in [1.29, 1.82) is 0 Å². The highest BCUT2D eigenvalue weighted by Crippen LogP contribution is 2.22. The highest BCUT2D eigenvalue weighted by Gasteiger charge is 2.33. The lowest BCUT2D eigenvalue weighted by atomic mass is 9.91. The van der Waals surface area contributed by atoms with Gasteiger partial charge in [0, 0.05) is 25.7 Å². The summed E-state index contributed by atoms with van der Waals surface area (Å²) in [7, 11) is 0. The van der Waals surface area contributed by atoms with Crippen molar-refractivity contribution >= 4 is 5.97 Å². The summed E-state index contributed by atoms with van der Waals surface area (Å²) < 4.78 is 0. The quantitative estimate of drug-likeness (QED) is 0.744. The first kappa shape index (κ1) is 14.8. The molecule has 0 spiro atoms. The summed E-state index contributed by atoms with van der Waals surface area (Å²) in [5.41, 5.74) is 4.88. The first-order chi connectivity index (χ1) is 9.05. The van der Waals surface area contributed by atoms with Gasteiger partial charge in [-0.1, -0.05) is 6.92 Å². The van der Waals surface area contributed by atoms with Gasteiger partial charge >= 0.3 is 5.97 Å². The maximum atomic E-state index is 11.1. The highest BCUT2D eigenvalue weighted by atomic mass is 16.4. The van der Waals surface area contributed by atoms with Crippen molar-refractivity contribution < 1.29 is 9.90 Å². The second kappa shape index (κ2) is 6.20. The molecular weight excluding hydrogens is 242 g/mol. The van der Waals surface area contributed by atoms with Gasteiger partial charge in [-0.05, 0) is 45.2 Å². The Morgan fingerprint density at radius 3 is 2.89 bits per heavy atom. The van der Waals surface area contributed by atoms with Crippen LogP contribution in [0.3, 0.4) is 0 Å². The van der Waals surface area contributed by atoms with E-state index in [9.17, 15) is 4.79 Å². The summed E-state index contributed by atoms with van der Waals surface area (Å²) >= 11 is 0. The summed E-state index contributed by atoms with van der Waals surface area (Å²) in [6.07, 6.45) is 4.60. The molecule has 0 aromatic heterocycles. The van der Waals surface area contributed by atoms with E-state index >= 15 is 0 Å². The molecule has 2 rings (SSSR count).